The predicted molar refractivity (Wildman–Crippen MR) is 125 cm³/mol. The van der Waals surface area contributed by atoms with Crippen molar-refractivity contribution in [3.05, 3.63) is 52.4 Å². The molecule has 8 heteroatoms. The van der Waals surface area contributed by atoms with Crippen LogP contribution in [0.15, 0.2) is 46.8 Å². The Morgan fingerprint density at radius 2 is 1.79 bits per heavy atom. The van der Waals surface area contributed by atoms with Crippen LogP contribution in [0.25, 0.3) is 0 Å². The molecule has 1 heterocycles. The minimum Gasteiger partial charge on any atom is -0.497 e. The van der Waals surface area contributed by atoms with E-state index in [4.69, 9.17) is 18.9 Å². The molecule has 0 aromatic heterocycles. The van der Waals surface area contributed by atoms with E-state index in [1.165, 1.54) is 7.11 Å². The van der Waals surface area contributed by atoms with Crippen molar-refractivity contribution in [2.45, 2.75) is 46.1 Å². The number of benzene rings is 1. The highest BCUT2D eigenvalue weighted by atomic mass is 16.6. The summed E-state index contributed by atoms with van der Waals surface area (Å²) in [7, 11) is 2.84. The lowest BCUT2D eigenvalue weighted by Gasteiger charge is -2.38. The average molecular weight is 472 g/mol. The number of carbonyl (C=O) groups is 3. The van der Waals surface area contributed by atoms with Crippen LogP contribution in [0.5, 0.6) is 5.75 Å². The van der Waals surface area contributed by atoms with Gasteiger partial charge in [0.05, 0.1) is 32.5 Å². The average Bonchev–Trinajstić information content (AvgIpc) is 2.80. The van der Waals surface area contributed by atoms with E-state index >= 15 is 0 Å². The zero-order chi connectivity index (χ0) is 25.0. The molecule has 1 N–H and O–H groups in total. The minimum atomic E-state index is -0.929. The summed E-state index contributed by atoms with van der Waals surface area (Å²) in [6, 6.07) is 7.20. The lowest BCUT2D eigenvalue weighted by Crippen LogP contribution is -2.43. The van der Waals surface area contributed by atoms with Crippen molar-refractivity contribution in [1.29, 1.82) is 0 Å². The molecule has 0 fully saturated rings. The van der Waals surface area contributed by atoms with Crippen LogP contribution in [0.2, 0.25) is 0 Å². The van der Waals surface area contributed by atoms with E-state index in [0.717, 1.165) is 11.3 Å². The number of hydrogen-bond acceptors (Lipinski definition) is 8. The first-order chi connectivity index (χ1) is 16.2. The molecule has 1 aromatic carbocycles. The van der Waals surface area contributed by atoms with E-state index in [1.54, 1.807) is 26.2 Å². The second kappa shape index (κ2) is 10.9. The molecule has 34 heavy (non-hydrogen) atoms. The fourth-order valence-corrected chi connectivity index (χ4v) is 4.58. The SMILES string of the molecule is COC(=O)[C@@H]1C(=O)C2=C(C[C@@H]1C)NC(C)=C(C(=O)OCCOC(C)C)[C@@H]2c1ccc(OC)cc1. The molecular formula is C26H33NO7. The lowest BCUT2D eigenvalue weighted by atomic mass is 9.69. The van der Waals surface area contributed by atoms with Gasteiger partial charge in [-0.05, 0) is 50.8 Å². The summed E-state index contributed by atoms with van der Waals surface area (Å²) in [5.41, 5.74) is 2.79. The molecule has 8 nitrogen and oxygen atoms in total. The van der Waals surface area contributed by atoms with Gasteiger partial charge in [-0.15, -0.1) is 0 Å². The molecule has 3 rings (SSSR count). The van der Waals surface area contributed by atoms with E-state index in [1.807, 2.05) is 32.9 Å². The van der Waals surface area contributed by atoms with Crippen LogP contribution in [0, 0.1) is 11.8 Å². The number of ketones is 1. The van der Waals surface area contributed by atoms with Gasteiger partial charge in [0.2, 0.25) is 0 Å². The summed E-state index contributed by atoms with van der Waals surface area (Å²) in [4.78, 5) is 39.4. The maximum Gasteiger partial charge on any atom is 0.336 e. The quantitative estimate of drug-likeness (QED) is 0.350. The number of allylic oxidation sites excluding steroid dienone is 3. The molecule has 0 bridgehead atoms. The highest BCUT2D eigenvalue weighted by Crippen LogP contribution is 2.45. The summed E-state index contributed by atoms with van der Waals surface area (Å²) in [6.07, 6.45) is 0.503. The Morgan fingerprint density at radius 3 is 2.38 bits per heavy atom. The fraction of sp³-hybridized carbons (Fsp3) is 0.500. The molecule has 0 unspecified atom stereocenters. The fourth-order valence-electron chi connectivity index (χ4n) is 4.58. The Labute approximate surface area is 200 Å². The van der Waals surface area contributed by atoms with Crippen molar-refractivity contribution in [2.24, 2.45) is 11.8 Å². The molecule has 1 aliphatic heterocycles. The zero-order valence-electron chi connectivity index (χ0n) is 20.6. The zero-order valence-corrected chi connectivity index (χ0v) is 20.6. The number of carbonyl (C=O) groups excluding carboxylic acids is 3. The third-order valence-corrected chi connectivity index (χ3v) is 6.18. The summed E-state index contributed by atoms with van der Waals surface area (Å²) in [6.45, 7) is 7.81. The molecule has 1 aromatic rings. The predicted octanol–water partition coefficient (Wildman–Crippen LogP) is 3.28. The Kier molecular flexibility index (Phi) is 8.15. The largest absolute Gasteiger partial charge is 0.497 e. The molecular weight excluding hydrogens is 438 g/mol. The van der Waals surface area contributed by atoms with Gasteiger partial charge >= 0.3 is 11.9 Å². The van der Waals surface area contributed by atoms with Gasteiger partial charge in [-0.1, -0.05) is 19.1 Å². The highest BCUT2D eigenvalue weighted by Gasteiger charge is 2.47. The highest BCUT2D eigenvalue weighted by molar-refractivity contribution is 6.12. The van der Waals surface area contributed by atoms with Crippen LogP contribution in [0.1, 0.15) is 45.6 Å². The summed E-state index contributed by atoms with van der Waals surface area (Å²) in [5.74, 6) is -2.65. The van der Waals surface area contributed by atoms with Crippen LogP contribution in [0.4, 0.5) is 0 Å². The molecule has 184 valence electrons. The van der Waals surface area contributed by atoms with E-state index in [2.05, 4.69) is 5.32 Å². The van der Waals surface area contributed by atoms with Gasteiger partial charge in [-0.25, -0.2) is 4.79 Å². The van der Waals surface area contributed by atoms with Gasteiger partial charge in [0, 0.05) is 22.9 Å². The number of nitrogens with one attached hydrogen (secondary N) is 1. The van der Waals surface area contributed by atoms with Crippen LogP contribution >= 0.6 is 0 Å². The van der Waals surface area contributed by atoms with Gasteiger partial charge in [0.25, 0.3) is 0 Å². The van der Waals surface area contributed by atoms with Gasteiger partial charge in [0.1, 0.15) is 18.3 Å². The van der Waals surface area contributed by atoms with E-state index in [9.17, 15) is 14.4 Å². The number of methoxy groups -OCH3 is 2. The maximum atomic E-state index is 13.7. The third-order valence-electron chi connectivity index (χ3n) is 6.18. The van der Waals surface area contributed by atoms with Crippen molar-refractivity contribution >= 4 is 17.7 Å². The van der Waals surface area contributed by atoms with Crippen molar-refractivity contribution in [1.82, 2.24) is 5.32 Å². The molecule has 0 spiro atoms. The molecule has 0 radical (unpaired) electrons. The third kappa shape index (κ3) is 5.17. The second-order valence-electron chi connectivity index (χ2n) is 8.86. The molecule has 1 aliphatic carbocycles. The van der Waals surface area contributed by atoms with Gasteiger partial charge in [0.15, 0.2) is 5.78 Å². The monoisotopic (exact) mass is 471 g/mol. The molecule has 3 atom stereocenters. The van der Waals surface area contributed by atoms with Crippen LogP contribution in [0.3, 0.4) is 0 Å². The normalized spacial score (nSPS) is 22.3. The van der Waals surface area contributed by atoms with E-state index < -0.39 is 23.8 Å². The van der Waals surface area contributed by atoms with Crippen molar-refractivity contribution in [3.8, 4) is 5.75 Å². The Bertz CT molecular complexity index is 1010. The maximum absolute atomic E-state index is 13.7. The van der Waals surface area contributed by atoms with Crippen molar-refractivity contribution in [3.63, 3.8) is 0 Å². The van der Waals surface area contributed by atoms with Crippen molar-refractivity contribution < 1.29 is 33.3 Å². The first-order valence-corrected chi connectivity index (χ1v) is 11.4. The number of esters is 2. The summed E-state index contributed by atoms with van der Waals surface area (Å²) >= 11 is 0. The number of dihydropyridines is 1. The van der Waals surface area contributed by atoms with Gasteiger partial charge < -0.3 is 24.3 Å². The van der Waals surface area contributed by atoms with Crippen molar-refractivity contribution in [2.75, 3.05) is 27.4 Å². The van der Waals surface area contributed by atoms with Crippen LogP contribution in [-0.2, 0) is 28.6 Å². The molecule has 0 amide bonds. The number of hydrogen-bond donors (Lipinski definition) is 1. The van der Waals surface area contributed by atoms with E-state index in [-0.39, 0.29) is 31.0 Å². The number of ether oxygens (including phenoxy) is 4. The smallest absolute Gasteiger partial charge is 0.336 e. The summed E-state index contributed by atoms with van der Waals surface area (Å²) in [5, 5.41) is 3.25. The first kappa shape index (κ1) is 25.5. The molecule has 0 saturated carbocycles. The lowest BCUT2D eigenvalue weighted by molar-refractivity contribution is -0.151. The summed E-state index contributed by atoms with van der Waals surface area (Å²) < 4.78 is 21.2. The number of rotatable bonds is 8. The van der Waals surface area contributed by atoms with Crippen LogP contribution < -0.4 is 10.1 Å². The minimum absolute atomic E-state index is 0.0212. The number of Topliss-reactive ketones (excluding diaryl/α,β-unsaturated/α-hetero) is 1. The Balaban J connectivity index is 2.03. The van der Waals surface area contributed by atoms with Crippen LogP contribution in [-0.4, -0.2) is 51.3 Å². The molecule has 2 aliphatic rings. The molecule has 0 saturated heterocycles. The topological polar surface area (TPSA) is 100 Å². The van der Waals surface area contributed by atoms with E-state index in [0.29, 0.717) is 29.0 Å². The first-order valence-electron chi connectivity index (χ1n) is 11.4. The Hall–Kier alpha value is -3.13. The van der Waals surface area contributed by atoms with Gasteiger partial charge in [-0.2, -0.15) is 0 Å². The van der Waals surface area contributed by atoms with Gasteiger partial charge in [-0.3, -0.25) is 9.59 Å². The second-order valence-corrected chi connectivity index (χ2v) is 8.86. The standard InChI is InChI=1S/C26H33NO7/c1-14(2)33-11-12-34-26(30)21-16(4)27-19-13-15(3)20(25(29)32-6)24(28)23(19)22(21)17-7-9-18(31-5)10-8-17/h7-10,14-15,20,22,27H,11-13H2,1-6H3/t15-,20-,22-/m0/s1. The Morgan fingerprint density at radius 1 is 1.12 bits per heavy atom.